The summed E-state index contributed by atoms with van der Waals surface area (Å²) in [5.74, 6) is 0.519. The van der Waals surface area contributed by atoms with Crippen molar-refractivity contribution >= 4 is 0 Å². The summed E-state index contributed by atoms with van der Waals surface area (Å²) in [5.41, 5.74) is 5.57. The first-order valence-corrected chi connectivity index (χ1v) is 3.15. The van der Waals surface area contributed by atoms with E-state index in [1.807, 2.05) is 0 Å². The van der Waals surface area contributed by atoms with Crippen LogP contribution in [0.3, 0.4) is 0 Å². The molecule has 3 atom stereocenters. The van der Waals surface area contributed by atoms with Crippen LogP contribution in [-0.2, 0) is 0 Å². The fraction of sp³-hybridized carbons (Fsp3) is 1.00. The van der Waals surface area contributed by atoms with Gasteiger partial charge in [-0.3, -0.25) is 0 Å². The highest BCUT2D eigenvalue weighted by Crippen LogP contribution is 2.23. The number of hydrogen-bond acceptors (Lipinski definition) is 2. The first kappa shape index (κ1) is 6.05. The van der Waals surface area contributed by atoms with Crippen LogP contribution >= 0.6 is 0 Å². The molecule has 2 heteroatoms. The quantitative estimate of drug-likeness (QED) is 0.470. The van der Waals surface area contributed by atoms with Gasteiger partial charge in [0.05, 0.1) is 6.10 Å². The molecule has 3 N–H and O–H groups in total. The largest absolute Gasteiger partial charge is 0.392 e. The molecule has 0 saturated heterocycles. The molecule has 0 aliphatic heterocycles. The standard InChI is InChI=1S/C6H13NO/c1-4-2-3-5(8)6(4)7/h4-6,8H,2-3,7H2,1H3. The summed E-state index contributed by atoms with van der Waals surface area (Å²) in [5, 5.41) is 9.04. The number of hydrogen-bond donors (Lipinski definition) is 2. The molecule has 8 heavy (non-hydrogen) atoms. The van der Waals surface area contributed by atoms with Crippen LogP contribution in [0.4, 0.5) is 0 Å². The Hall–Kier alpha value is -0.0800. The molecule has 0 aromatic rings. The first-order valence-electron chi connectivity index (χ1n) is 3.15. The minimum atomic E-state index is -0.231. The van der Waals surface area contributed by atoms with Crippen LogP contribution in [0.2, 0.25) is 0 Å². The smallest absolute Gasteiger partial charge is 0.0693 e. The Labute approximate surface area is 49.7 Å². The molecule has 1 fully saturated rings. The van der Waals surface area contributed by atoms with Crippen molar-refractivity contribution in [2.24, 2.45) is 11.7 Å². The number of aliphatic hydroxyl groups is 1. The molecule has 1 saturated carbocycles. The van der Waals surface area contributed by atoms with Gasteiger partial charge in [0.1, 0.15) is 0 Å². The second-order valence-electron chi connectivity index (χ2n) is 2.70. The highest BCUT2D eigenvalue weighted by Gasteiger charge is 2.27. The van der Waals surface area contributed by atoms with Gasteiger partial charge in [0.25, 0.3) is 0 Å². The Morgan fingerprint density at radius 3 is 2.25 bits per heavy atom. The van der Waals surface area contributed by atoms with Gasteiger partial charge in [0, 0.05) is 6.04 Å². The van der Waals surface area contributed by atoms with E-state index in [1.165, 1.54) is 0 Å². The number of nitrogens with two attached hydrogens (primary N) is 1. The van der Waals surface area contributed by atoms with E-state index in [0.29, 0.717) is 5.92 Å². The fourth-order valence-corrected chi connectivity index (χ4v) is 1.20. The van der Waals surface area contributed by atoms with Crippen molar-refractivity contribution < 1.29 is 5.11 Å². The molecular weight excluding hydrogens is 102 g/mol. The lowest BCUT2D eigenvalue weighted by molar-refractivity contribution is 0.158. The number of rotatable bonds is 0. The van der Waals surface area contributed by atoms with Crippen LogP contribution in [0.25, 0.3) is 0 Å². The lowest BCUT2D eigenvalue weighted by Crippen LogP contribution is -2.33. The lowest BCUT2D eigenvalue weighted by Gasteiger charge is -2.11. The molecule has 1 aliphatic rings. The summed E-state index contributed by atoms with van der Waals surface area (Å²) in [7, 11) is 0. The summed E-state index contributed by atoms with van der Waals surface area (Å²) >= 11 is 0. The van der Waals surface area contributed by atoms with Crippen LogP contribution in [0.1, 0.15) is 19.8 Å². The highest BCUT2D eigenvalue weighted by molar-refractivity contribution is 4.84. The topological polar surface area (TPSA) is 46.2 Å². The van der Waals surface area contributed by atoms with E-state index < -0.39 is 0 Å². The van der Waals surface area contributed by atoms with E-state index in [-0.39, 0.29) is 12.1 Å². The van der Waals surface area contributed by atoms with Crippen LogP contribution in [0, 0.1) is 5.92 Å². The van der Waals surface area contributed by atoms with Crippen molar-refractivity contribution in [3.05, 3.63) is 0 Å². The highest BCUT2D eigenvalue weighted by atomic mass is 16.3. The molecule has 0 heterocycles. The van der Waals surface area contributed by atoms with Gasteiger partial charge in [-0.1, -0.05) is 6.92 Å². The predicted octanol–water partition coefficient (Wildman–Crippen LogP) is 0.104. The molecule has 0 amide bonds. The molecule has 1 aliphatic carbocycles. The van der Waals surface area contributed by atoms with Crippen LogP contribution in [0.5, 0.6) is 0 Å². The van der Waals surface area contributed by atoms with Crippen molar-refractivity contribution in [3.8, 4) is 0 Å². The van der Waals surface area contributed by atoms with Gasteiger partial charge in [-0.25, -0.2) is 0 Å². The summed E-state index contributed by atoms with van der Waals surface area (Å²) < 4.78 is 0. The zero-order valence-corrected chi connectivity index (χ0v) is 5.17. The Balaban J connectivity index is 2.44. The molecule has 48 valence electrons. The second kappa shape index (κ2) is 2.03. The molecule has 1 rings (SSSR count). The molecule has 2 nitrogen and oxygen atoms in total. The monoisotopic (exact) mass is 115 g/mol. The third-order valence-corrected chi connectivity index (χ3v) is 2.02. The molecule has 0 aromatic carbocycles. The Kier molecular flexibility index (Phi) is 1.54. The van der Waals surface area contributed by atoms with Crippen LogP contribution in [-0.4, -0.2) is 17.3 Å². The average Bonchev–Trinajstić information content (AvgIpc) is 1.98. The van der Waals surface area contributed by atoms with Gasteiger partial charge in [0.2, 0.25) is 0 Å². The van der Waals surface area contributed by atoms with Gasteiger partial charge in [0.15, 0.2) is 0 Å². The zero-order valence-electron chi connectivity index (χ0n) is 5.17. The maximum atomic E-state index is 9.04. The second-order valence-corrected chi connectivity index (χ2v) is 2.70. The van der Waals surface area contributed by atoms with E-state index in [2.05, 4.69) is 6.92 Å². The molecule has 0 radical (unpaired) electrons. The maximum absolute atomic E-state index is 9.04. The Morgan fingerprint density at radius 1 is 1.50 bits per heavy atom. The van der Waals surface area contributed by atoms with Gasteiger partial charge < -0.3 is 10.8 Å². The van der Waals surface area contributed by atoms with E-state index in [1.54, 1.807) is 0 Å². The Bertz CT molecular complexity index is 74.6. The fourth-order valence-electron chi connectivity index (χ4n) is 1.20. The summed E-state index contributed by atoms with van der Waals surface area (Å²) in [6, 6.07) is 0.0370. The molecule has 3 unspecified atom stereocenters. The van der Waals surface area contributed by atoms with Crippen molar-refractivity contribution in [1.29, 1.82) is 0 Å². The van der Waals surface area contributed by atoms with Gasteiger partial charge >= 0.3 is 0 Å². The van der Waals surface area contributed by atoms with Gasteiger partial charge in [-0.05, 0) is 18.8 Å². The zero-order chi connectivity index (χ0) is 6.15. The van der Waals surface area contributed by atoms with Gasteiger partial charge in [-0.2, -0.15) is 0 Å². The van der Waals surface area contributed by atoms with E-state index in [9.17, 15) is 0 Å². The molecule has 0 aromatic heterocycles. The minimum Gasteiger partial charge on any atom is -0.392 e. The van der Waals surface area contributed by atoms with Crippen molar-refractivity contribution in [3.63, 3.8) is 0 Å². The van der Waals surface area contributed by atoms with Gasteiger partial charge in [-0.15, -0.1) is 0 Å². The maximum Gasteiger partial charge on any atom is 0.0693 e. The van der Waals surface area contributed by atoms with Crippen molar-refractivity contribution in [2.75, 3.05) is 0 Å². The van der Waals surface area contributed by atoms with Crippen LogP contribution < -0.4 is 5.73 Å². The minimum absolute atomic E-state index is 0.0370. The average molecular weight is 115 g/mol. The predicted molar refractivity (Wildman–Crippen MR) is 32.4 cm³/mol. The summed E-state index contributed by atoms with van der Waals surface area (Å²) in [6.07, 6.45) is 1.75. The third kappa shape index (κ3) is 0.858. The van der Waals surface area contributed by atoms with Crippen LogP contribution in [0.15, 0.2) is 0 Å². The summed E-state index contributed by atoms with van der Waals surface area (Å²) in [6.45, 7) is 2.08. The lowest BCUT2D eigenvalue weighted by atomic mass is 10.1. The molecular formula is C6H13NO. The SMILES string of the molecule is CC1CCC(O)C1N. The molecule has 0 bridgehead atoms. The number of aliphatic hydroxyl groups excluding tert-OH is 1. The summed E-state index contributed by atoms with van der Waals surface area (Å²) in [4.78, 5) is 0. The van der Waals surface area contributed by atoms with Crippen molar-refractivity contribution in [2.45, 2.75) is 31.9 Å². The van der Waals surface area contributed by atoms with E-state index in [0.717, 1.165) is 12.8 Å². The van der Waals surface area contributed by atoms with E-state index >= 15 is 0 Å². The first-order chi connectivity index (χ1) is 3.72. The van der Waals surface area contributed by atoms with Crippen molar-refractivity contribution in [1.82, 2.24) is 0 Å². The Morgan fingerprint density at radius 2 is 2.12 bits per heavy atom. The van der Waals surface area contributed by atoms with E-state index in [4.69, 9.17) is 10.8 Å². The third-order valence-electron chi connectivity index (χ3n) is 2.02. The normalized spacial score (nSPS) is 47.6. The molecule has 0 spiro atoms.